The molecule has 0 bridgehead atoms. The first kappa shape index (κ1) is 16.3. The number of rotatable bonds is 3. The van der Waals surface area contributed by atoms with Crippen molar-refractivity contribution in [2.45, 2.75) is 13.3 Å². The van der Waals surface area contributed by atoms with E-state index in [0.29, 0.717) is 23.0 Å². The molecule has 2 aromatic carbocycles. The number of hydrogen-bond donors (Lipinski definition) is 2. The fourth-order valence-electron chi connectivity index (χ4n) is 2.53. The van der Waals surface area contributed by atoms with Gasteiger partial charge in [0.05, 0.1) is 11.6 Å². The Bertz CT molecular complexity index is 792. The third-order valence-electron chi connectivity index (χ3n) is 3.94. The van der Waals surface area contributed by atoms with Crippen LogP contribution in [0.15, 0.2) is 42.5 Å². The largest absolute Gasteiger partial charge is 0.424 e. The lowest BCUT2D eigenvalue weighted by molar-refractivity contribution is -0.140. The van der Waals surface area contributed by atoms with Crippen LogP contribution in [0.25, 0.3) is 0 Å². The Hall–Kier alpha value is -2.53. The number of benzene rings is 2. The van der Waals surface area contributed by atoms with Gasteiger partial charge in [0.25, 0.3) is 0 Å². The van der Waals surface area contributed by atoms with E-state index in [4.69, 9.17) is 16.3 Å². The highest BCUT2D eigenvalue weighted by atomic mass is 35.5. The fourth-order valence-corrected chi connectivity index (χ4v) is 2.71. The third-order valence-corrected chi connectivity index (χ3v) is 4.35. The number of amides is 1. The van der Waals surface area contributed by atoms with Crippen LogP contribution in [-0.2, 0) is 9.59 Å². The minimum absolute atomic E-state index is 0.0335. The van der Waals surface area contributed by atoms with Gasteiger partial charge in [-0.05, 0) is 36.8 Å². The highest BCUT2D eigenvalue weighted by Crippen LogP contribution is 2.29. The summed E-state index contributed by atoms with van der Waals surface area (Å²) in [6.45, 7) is 2.17. The number of fused-ring (bicyclic) bond motifs is 1. The summed E-state index contributed by atoms with van der Waals surface area (Å²) in [6, 6.07) is 12.5. The summed E-state index contributed by atoms with van der Waals surface area (Å²) < 4.78 is 5.36. The van der Waals surface area contributed by atoms with Crippen molar-refractivity contribution in [3.63, 3.8) is 0 Å². The Labute approximate surface area is 145 Å². The monoisotopic (exact) mass is 344 g/mol. The first-order chi connectivity index (χ1) is 11.5. The lowest BCUT2D eigenvalue weighted by atomic mass is 10.1. The van der Waals surface area contributed by atoms with Crippen molar-refractivity contribution in [3.05, 3.63) is 53.1 Å². The van der Waals surface area contributed by atoms with Crippen molar-refractivity contribution in [2.75, 3.05) is 17.2 Å². The van der Waals surface area contributed by atoms with Crippen LogP contribution in [0.5, 0.6) is 5.75 Å². The number of ether oxygens (including phenoxy) is 1. The summed E-state index contributed by atoms with van der Waals surface area (Å²) in [5.74, 6) is -0.742. The average Bonchev–Trinajstić information content (AvgIpc) is 2.71. The van der Waals surface area contributed by atoms with Crippen LogP contribution in [0, 0.1) is 12.8 Å². The Morgan fingerprint density at radius 2 is 2.08 bits per heavy atom. The normalized spacial score (nSPS) is 16.4. The maximum absolute atomic E-state index is 12.3. The molecule has 0 aliphatic carbocycles. The second-order valence-corrected chi connectivity index (χ2v) is 6.07. The highest BCUT2D eigenvalue weighted by Gasteiger charge is 2.27. The molecule has 1 heterocycles. The van der Waals surface area contributed by atoms with Gasteiger partial charge in [0.2, 0.25) is 5.91 Å². The van der Waals surface area contributed by atoms with Crippen LogP contribution in [0.4, 0.5) is 11.4 Å². The predicted molar refractivity (Wildman–Crippen MR) is 93.5 cm³/mol. The third kappa shape index (κ3) is 3.51. The lowest BCUT2D eigenvalue weighted by Gasteiger charge is -2.13. The van der Waals surface area contributed by atoms with Gasteiger partial charge in [-0.1, -0.05) is 29.8 Å². The number of halogens is 1. The topological polar surface area (TPSA) is 67.4 Å². The van der Waals surface area contributed by atoms with Gasteiger partial charge in [-0.3, -0.25) is 9.59 Å². The quantitative estimate of drug-likeness (QED) is 0.659. The van der Waals surface area contributed by atoms with Gasteiger partial charge in [-0.25, -0.2) is 0 Å². The van der Waals surface area contributed by atoms with Crippen molar-refractivity contribution in [1.29, 1.82) is 0 Å². The van der Waals surface area contributed by atoms with Crippen LogP contribution in [0.2, 0.25) is 5.02 Å². The number of carbonyl (C=O) groups excluding carboxylic acids is 2. The maximum Gasteiger partial charge on any atom is 0.316 e. The summed E-state index contributed by atoms with van der Waals surface area (Å²) in [5.41, 5.74) is 2.19. The smallest absolute Gasteiger partial charge is 0.316 e. The molecule has 24 heavy (non-hydrogen) atoms. The molecule has 2 N–H and O–H groups in total. The molecule has 2 aromatic rings. The van der Waals surface area contributed by atoms with Gasteiger partial charge >= 0.3 is 5.97 Å². The van der Waals surface area contributed by atoms with E-state index in [9.17, 15) is 9.59 Å². The first-order valence-corrected chi connectivity index (χ1v) is 8.02. The van der Waals surface area contributed by atoms with Crippen LogP contribution < -0.4 is 15.4 Å². The molecule has 1 unspecified atom stereocenters. The molecule has 0 radical (unpaired) electrons. The predicted octanol–water partition coefficient (Wildman–Crippen LogP) is 3.62. The van der Waals surface area contributed by atoms with E-state index in [1.807, 2.05) is 19.1 Å². The molecular weight excluding hydrogens is 328 g/mol. The van der Waals surface area contributed by atoms with Gasteiger partial charge in [0.1, 0.15) is 0 Å². The molecule has 0 fully saturated rings. The van der Waals surface area contributed by atoms with Gasteiger partial charge in [-0.15, -0.1) is 0 Å². The van der Waals surface area contributed by atoms with Crippen molar-refractivity contribution in [2.24, 2.45) is 5.92 Å². The number of nitrogens with one attached hydrogen (secondary N) is 2. The minimum Gasteiger partial charge on any atom is -0.424 e. The van der Waals surface area contributed by atoms with Gasteiger partial charge < -0.3 is 15.4 Å². The van der Waals surface area contributed by atoms with Gasteiger partial charge in [0, 0.05) is 23.7 Å². The average molecular weight is 345 g/mol. The molecule has 0 saturated heterocycles. The molecule has 1 aliphatic heterocycles. The number of esters is 1. The number of para-hydroxylation sites is 2. The van der Waals surface area contributed by atoms with E-state index in [1.165, 1.54) is 0 Å². The molecule has 3 rings (SSSR count). The molecule has 0 aromatic heterocycles. The Morgan fingerprint density at radius 3 is 2.92 bits per heavy atom. The molecular formula is C18H17ClN2O3. The lowest BCUT2D eigenvalue weighted by Crippen LogP contribution is -2.29. The van der Waals surface area contributed by atoms with E-state index in [0.717, 1.165) is 11.3 Å². The molecule has 0 saturated carbocycles. The van der Waals surface area contributed by atoms with Crippen LogP contribution in [0.3, 0.4) is 0 Å². The standard InChI is InChI=1S/C18H17ClN2O3/c1-11-13(19)5-4-7-14(11)21-17(22)9-12-10-20-15-6-2-3-8-16(15)24-18(12)23/h2-8,12,20H,9-10H2,1H3,(H,21,22). The Morgan fingerprint density at radius 1 is 1.29 bits per heavy atom. The number of hydrogen-bond acceptors (Lipinski definition) is 4. The minimum atomic E-state index is -0.558. The molecule has 1 amide bonds. The second-order valence-electron chi connectivity index (χ2n) is 5.66. The van der Waals surface area contributed by atoms with Crippen LogP contribution in [-0.4, -0.2) is 18.4 Å². The van der Waals surface area contributed by atoms with Gasteiger partial charge in [-0.2, -0.15) is 0 Å². The van der Waals surface area contributed by atoms with E-state index >= 15 is 0 Å². The molecule has 6 heteroatoms. The van der Waals surface area contributed by atoms with Gasteiger partial charge in [0.15, 0.2) is 5.75 Å². The zero-order valence-corrected chi connectivity index (χ0v) is 13.9. The molecule has 1 aliphatic rings. The van der Waals surface area contributed by atoms with E-state index in [2.05, 4.69) is 10.6 Å². The summed E-state index contributed by atoms with van der Waals surface area (Å²) in [7, 11) is 0. The second kappa shape index (κ2) is 6.93. The van der Waals surface area contributed by atoms with Crippen LogP contribution in [0.1, 0.15) is 12.0 Å². The van der Waals surface area contributed by atoms with E-state index in [-0.39, 0.29) is 12.3 Å². The number of carbonyl (C=O) groups is 2. The van der Waals surface area contributed by atoms with Crippen LogP contribution >= 0.6 is 11.6 Å². The summed E-state index contributed by atoms with van der Waals surface area (Å²) in [6.07, 6.45) is 0.0335. The van der Waals surface area contributed by atoms with Crippen molar-refractivity contribution < 1.29 is 14.3 Å². The summed E-state index contributed by atoms with van der Waals surface area (Å²) >= 11 is 6.05. The highest BCUT2D eigenvalue weighted by molar-refractivity contribution is 6.31. The molecule has 0 spiro atoms. The number of anilines is 2. The fraction of sp³-hybridized carbons (Fsp3) is 0.222. The molecule has 124 valence electrons. The summed E-state index contributed by atoms with van der Waals surface area (Å²) in [5, 5.41) is 6.53. The van der Waals surface area contributed by atoms with Crippen molar-refractivity contribution in [3.8, 4) is 5.75 Å². The zero-order valence-electron chi connectivity index (χ0n) is 13.1. The Balaban J connectivity index is 1.67. The van der Waals surface area contributed by atoms with E-state index < -0.39 is 11.9 Å². The van der Waals surface area contributed by atoms with Crippen molar-refractivity contribution >= 4 is 34.9 Å². The molecule has 5 nitrogen and oxygen atoms in total. The first-order valence-electron chi connectivity index (χ1n) is 7.64. The van der Waals surface area contributed by atoms with E-state index in [1.54, 1.807) is 30.3 Å². The maximum atomic E-state index is 12.3. The Kier molecular flexibility index (Phi) is 4.71. The summed E-state index contributed by atoms with van der Waals surface area (Å²) in [4.78, 5) is 24.5. The molecule has 1 atom stereocenters. The zero-order chi connectivity index (χ0) is 17.1. The SMILES string of the molecule is Cc1c(Cl)cccc1NC(=O)CC1CNc2ccccc2OC1=O. The van der Waals surface area contributed by atoms with Crippen molar-refractivity contribution in [1.82, 2.24) is 0 Å².